The number of nitriles is 1. The number of pyridine rings is 1. The molecule has 2 aliphatic rings. The van der Waals surface area contributed by atoms with Crippen molar-refractivity contribution in [1.29, 1.82) is 5.26 Å². The monoisotopic (exact) mass is 463 g/mol. The van der Waals surface area contributed by atoms with Gasteiger partial charge >= 0.3 is 12.1 Å². The van der Waals surface area contributed by atoms with E-state index in [2.05, 4.69) is 21.3 Å². The van der Waals surface area contributed by atoms with Crippen molar-refractivity contribution >= 4 is 17.7 Å². The van der Waals surface area contributed by atoms with E-state index in [9.17, 15) is 14.9 Å². The number of hydrogen-bond acceptors (Lipinski definition) is 8. The fourth-order valence-corrected chi connectivity index (χ4v) is 4.44. The Hall–Kier alpha value is -3.64. The van der Waals surface area contributed by atoms with Gasteiger partial charge in [-0.25, -0.2) is 14.6 Å². The van der Waals surface area contributed by atoms with Crippen molar-refractivity contribution in [1.82, 2.24) is 15.2 Å². The average molecular weight is 464 g/mol. The molecule has 0 aliphatic carbocycles. The molecular weight excluding hydrogens is 434 g/mol. The Balaban J connectivity index is 1.53. The molecule has 9 heteroatoms. The number of carbonyl (C=O) groups is 2. The number of amides is 1. The molecule has 178 valence electrons. The third-order valence-corrected chi connectivity index (χ3v) is 6.11. The van der Waals surface area contributed by atoms with E-state index in [1.165, 1.54) is 0 Å². The maximum absolute atomic E-state index is 12.8. The third-order valence-electron chi connectivity index (χ3n) is 6.11. The Bertz CT molecular complexity index is 1070. The van der Waals surface area contributed by atoms with Crippen LogP contribution in [-0.4, -0.2) is 60.8 Å². The molecule has 1 aromatic carbocycles. The van der Waals surface area contributed by atoms with E-state index in [1.807, 2.05) is 30.3 Å². The largest absolute Gasteiger partial charge is 0.461 e. The lowest BCUT2D eigenvalue weighted by atomic mass is 10.0. The summed E-state index contributed by atoms with van der Waals surface area (Å²) in [5.41, 5.74) is 4.06. The van der Waals surface area contributed by atoms with Crippen LogP contribution in [0, 0.1) is 11.3 Å². The molecule has 1 aromatic heterocycles. The van der Waals surface area contributed by atoms with Crippen molar-refractivity contribution in [3.8, 4) is 6.07 Å². The number of rotatable bonds is 6. The number of esters is 1. The lowest BCUT2D eigenvalue weighted by Crippen LogP contribution is -2.55. The summed E-state index contributed by atoms with van der Waals surface area (Å²) in [4.78, 5) is 33.6. The van der Waals surface area contributed by atoms with Gasteiger partial charge in [0.2, 0.25) is 0 Å². The van der Waals surface area contributed by atoms with E-state index in [-0.39, 0.29) is 31.4 Å². The summed E-state index contributed by atoms with van der Waals surface area (Å²) < 4.78 is 10.7. The molecule has 4 rings (SSSR count). The minimum Gasteiger partial charge on any atom is -0.461 e. The minimum atomic E-state index is -0.450. The van der Waals surface area contributed by atoms with Gasteiger partial charge in [0.25, 0.3) is 0 Å². The summed E-state index contributed by atoms with van der Waals surface area (Å²) in [6, 6.07) is 13.2. The molecule has 3 heterocycles. The summed E-state index contributed by atoms with van der Waals surface area (Å²) in [7, 11) is 0. The van der Waals surface area contributed by atoms with Crippen LogP contribution in [0.3, 0.4) is 0 Å². The van der Waals surface area contributed by atoms with Gasteiger partial charge in [-0.3, -0.25) is 0 Å². The van der Waals surface area contributed by atoms with Gasteiger partial charge in [0.05, 0.1) is 30.8 Å². The second-order valence-electron chi connectivity index (χ2n) is 8.29. The first kappa shape index (κ1) is 23.5. The molecule has 34 heavy (non-hydrogen) atoms. The highest BCUT2D eigenvalue weighted by molar-refractivity contribution is 5.89. The maximum Gasteiger partial charge on any atom is 0.410 e. The number of piperazine rings is 1. The van der Waals surface area contributed by atoms with Crippen LogP contribution in [0.2, 0.25) is 0 Å². The Morgan fingerprint density at radius 2 is 2.06 bits per heavy atom. The van der Waals surface area contributed by atoms with Gasteiger partial charge in [0, 0.05) is 31.9 Å². The average Bonchev–Trinajstić information content (AvgIpc) is 2.87. The third kappa shape index (κ3) is 5.29. The summed E-state index contributed by atoms with van der Waals surface area (Å²) in [6.45, 7) is 5.10. The van der Waals surface area contributed by atoms with Crippen LogP contribution in [0.25, 0.3) is 0 Å². The zero-order chi connectivity index (χ0) is 23.9. The second kappa shape index (κ2) is 11.0. The molecule has 1 saturated heterocycles. The van der Waals surface area contributed by atoms with Crippen LogP contribution in [0.1, 0.15) is 40.7 Å². The van der Waals surface area contributed by atoms with Gasteiger partial charge in [-0.05, 0) is 37.1 Å². The molecule has 1 amide bonds. The smallest absolute Gasteiger partial charge is 0.410 e. The van der Waals surface area contributed by atoms with Gasteiger partial charge < -0.3 is 24.6 Å². The zero-order valence-corrected chi connectivity index (χ0v) is 19.3. The Morgan fingerprint density at radius 3 is 2.82 bits per heavy atom. The summed E-state index contributed by atoms with van der Waals surface area (Å²) >= 11 is 0. The van der Waals surface area contributed by atoms with Crippen LogP contribution >= 0.6 is 0 Å². The number of carbonyl (C=O) groups excluding carboxylic acids is 2. The summed E-state index contributed by atoms with van der Waals surface area (Å²) in [5, 5.41) is 12.7. The first-order chi connectivity index (χ1) is 16.6. The van der Waals surface area contributed by atoms with Crippen molar-refractivity contribution in [2.75, 3.05) is 37.7 Å². The van der Waals surface area contributed by atoms with Crippen molar-refractivity contribution < 1.29 is 19.1 Å². The molecule has 0 bridgehead atoms. The van der Waals surface area contributed by atoms with Gasteiger partial charge in [-0.15, -0.1) is 0 Å². The van der Waals surface area contributed by atoms with E-state index in [4.69, 9.17) is 9.47 Å². The molecular formula is C25H29N5O4. The Morgan fingerprint density at radius 1 is 1.24 bits per heavy atom. The quantitative estimate of drug-likeness (QED) is 0.652. The van der Waals surface area contributed by atoms with E-state index < -0.39 is 12.1 Å². The maximum atomic E-state index is 12.8. The molecule has 0 unspecified atom stereocenters. The molecule has 0 radical (unpaired) electrons. The highest BCUT2D eigenvalue weighted by Crippen LogP contribution is 2.30. The van der Waals surface area contributed by atoms with Crippen LogP contribution in [0.5, 0.6) is 0 Å². The first-order valence-electron chi connectivity index (χ1n) is 11.6. The summed E-state index contributed by atoms with van der Waals surface area (Å²) in [6.07, 6.45) is 0.566. The lowest BCUT2D eigenvalue weighted by Gasteiger charge is -2.42. The summed E-state index contributed by atoms with van der Waals surface area (Å²) in [5.74, 6) is -0.450. The number of nitrogens with zero attached hydrogens (tertiary/aromatic N) is 4. The molecule has 1 fully saturated rings. The fraction of sp³-hybridized carbons (Fsp3) is 0.440. The number of aromatic nitrogens is 1. The van der Waals surface area contributed by atoms with Crippen molar-refractivity contribution in [3.63, 3.8) is 0 Å². The highest BCUT2D eigenvalue weighted by Gasteiger charge is 2.33. The molecule has 0 saturated carbocycles. The van der Waals surface area contributed by atoms with Crippen molar-refractivity contribution in [2.24, 2.45) is 0 Å². The van der Waals surface area contributed by atoms with Gasteiger partial charge in [-0.2, -0.15) is 5.26 Å². The van der Waals surface area contributed by atoms with Gasteiger partial charge in [0.1, 0.15) is 6.61 Å². The zero-order valence-electron chi connectivity index (χ0n) is 19.3. The highest BCUT2D eigenvalue weighted by atomic mass is 16.6. The molecule has 1 N–H and O–H groups in total. The standard InChI is InChI=1S/C25H29N5O4/c1-2-33-24(31)21-14-23(20-9-11-27-15-22(20)28-21)29-12-13-30(19(16-29)8-10-26)25(32)34-17-18-6-4-3-5-7-18/h3-7,14,19,27H,2,8-9,11-13,15-17H2,1H3/t19-/m0/s1. The molecule has 9 nitrogen and oxygen atoms in total. The van der Waals surface area contributed by atoms with Gasteiger partial charge in [-0.1, -0.05) is 30.3 Å². The van der Waals surface area contributed by atoms with E-state index in [0.29, 0.717) is 26.2 Å². The molecule has 2 aliphatic heterocycles. The van der Waals surface area contributed by atoms with Crippen LogP contribution in [-0.2, 0) is 29.0 Å². The van der Waals surface area contributed by atoms with Crippen LogP contribution in [0.4, 0.5) is 10.5 Å². The normalized spacial score (nSPS) is 17.5. The number of anilines is 1. The van der Waals surface area contributed by atoms with Crippen molar-refractivity contribution in [3.05, 3.63) is 58.9 Å². The van der Waals surface area contributed by atoms with Crippen LogP contribution < -0.4 is 10.2 Å². The van der Waals surface area contributed by atoms with Crippen molar-refractivity contribution in [2.45, 2.75) is 39.0 Å². The lowest BCUT2D eigenvalue weighted by molar-refractivity contribution is 0.0519. The second-order valence-corrected chi connectivity index (χ2v) is 8.29. The Labute approximate surface area is 199 Å². The fourth-order valence-electron chi connectivity index (χ4n) is 4.44. The predicted molar refractivity (Wildman–Crippen MR) is 125 cm³/mol. The number of nitrogens with one attached hydrogen (secondary N) is 1. The van der Waals surface area contributed by atoms with Crippen LogP contribution in [0.15, 0.2) is 36.4 Å². The molecule has 2 aromatic rings. The van der Waals surface area contributed by atoms with E-state index in [0.717, 1.165) is 35.5 Å². The number of benzene rings is 1. The SMILES string of the molecule is CCOC(=O)c1cc(N2CCN(C(=O)OCc3ccccc3)[C@@H](CC#N)C2)c2c(n1)CNCC2. The topological polar surface area (TPSA) is 108 Å². The van der Waals surface area contributed by atoms with Gasteiger partial charge in [0.15, 0.2) is 5.69 Å². The number of hydrogen-bond donors (Lipinski definition) is 1. The number of fused-ring (bicyclic) bond motifs is 1. The predicted octanol–water partition coefficient (Wildman–Crippen LogP) is 2.65. The minimum absolute atomic E-state index is 0.187. The van der Waals surface area contributed by atoms with E-state index in [1.54, 1.807) is 17.9 Å². The van der Waals surface area contributed by atoms with E-state index >= 15 is 0 Å². The molecule has 1 atom stereocenters. The Kier molecular flexibility index (Phi) is 7.60. The first-order valence-corrected chi connectivity index (χ1v) is 11.6. The molecule has 0 spiro atoms. The number of ether oxygens (including phenoxy) is 2.